The Kier molecular flexibility index (Phi) is 4.18. The fourth-order valence-electron chi connectivity index (χ4n) is 4.88. The summed E-state index contributed by atoms with van der Waals surface area (Å²) >= 11 is 0. The molecule has 2 aliphatic rings. The highest BCUT2D eigenvalue weighted by Gasteiger charge is 2.56. The first kappa shape index (κ1) is 17.1. The van der Waals surface area contributed by atoms with Crippen molar-refractivity contribution in [3.8, 4) is 0 Å². The standard InChI is InChI=1S/C21H24O2P2/c1-24(22,18-9-5-3-6-10-18)20-16-13-14-17(15-16)21(20)25(2,23)19-11-7-4-8-12-19/h3-14,16-17,20-21H,15H2,1-2H3/t16?,17?,20?,21?,24-,25?/m1/s1. The molecule has 0 aliphatic heterocycles. The SMILES string of the molecule is CP(=O)(c1ccccc1)C1C2C=CC(C2)C1[P@](C)(=O)c1ccccc1. The molecule has 0 saturated heterocycles. The molecular formula is C21H24O2P2. The minimum Gasteiger partial charge on any atom is -0.319 e. The maximum Gasteiger partial charge on any atom is 0.116 e. The molecule has 2 aromatic carbocycles. The van der Waals surface area contributed by atoms with Gasteiger partial charge in [-0.15, -0.1) is 0 Å². The molecule has 25 heavy (non-hydrogen) atoms. The summed E-state index contributed by atoms with van der Waals surface area (Å²) in [6.07, 6.45) is 5.43. The van der Waals surface area contributed by atoms with Gasteiger partial charge in [-0.2, -0.15) is 0 Å². The molecule has 0 amide bonds. The topological polar surface area (TPSA) is 34.1 Å². The minimum atomic E-state index is -2.63. The summed E-state index contributed by atoms with van der Waals surface area (Å²) in [5.74, 6) is 0.561. The number of fused-ring (bicyclic) bond motifs is 2. The molecule has 2 aliphatic carbocycles. The summed E-state index contributed by atoms with van der Waals surface area (Å²) in [6.45, 7) is 3.80. The van der Waals surface area contributed by atoms with Crippen molar-refractivity contribution in [3.63, 3.8) is 0 Å². The summed E-state index contributed by atoms with van der Waals surface area (Å²) in [6, 6.07) is 19.6. The van der Waals surface area contributed by atoms with Crippen LogP contribution in [0.1, 0.15) is 6.42 Å². The first-order valence-corrected chi connectivity index (χ1v) is 13.3. The molecule has 4 heteroatoms. The molecule has 130 valence electrons. The lowest BCUT2D eigenvalue weighted by Crippen LogP contribution is -2.35. The zero-order valence-corrected chi connectivity index (χ0v) is 16.4. The zero-order valence-electron chi connectivity index (χ0n) is 14.7. The second-order valence-electron chi connectivity index (χ2n) is 7.58. The second kappa shape index (κ2) is 6.11. The number of hydrogen-bond acceptors (Lipinski definition) is 2. The Hall–Kier alpha value is -1.36. The van der Waals surface area contributed by atoms with Crippen LogP contribution in [0.25, 0.3) is 0 Å². The third-order valence-corrected chi connectivity index (χ3v) is 12.6. The first-order chi connectivity index (χ1) is 11.9. The quantitative estimate of drug-likeness (QED) is 0.584. The van der Waals surface area contributed by atoms with Crippen LogP contribution in [0.3, 0.4) is 0 Å². The molecule has 0 aromatic heterocycles. The van der Waals surface area contributed by atoms with E-state index in [0.29, 0.717) is 0 Å². The van der Waals surface area contributed by atoms with E-state index in [9.17, 15) is 9.13 Å². The Balaban J connectivity index is 1.81. The molecule has 5 unspecified atom stereocenters. The van der Waals surface area contributed by atoms with Crippen LogP contribution in [0.15, 0.2) is 72.8 Å². The van der Waals surface area contributed by atoms with Gasteiger partial charge >= 0.3 is 0 Å². The maximum atomic E-state index is 13.9. The lowest BCUT2D eigenvalue weighted by molar-refractivity contribution is 0.546. The van der Waals surface area contributed by atoms with E-state index in [2.05, 4.69) is 12.2 Å². The zero-order chi connectivity index (χ0) is 17.7. The number of allylic oxidation sites excluding steroid dienone is 2. The van der Waals surface area contributed by atoms with Crippen LogP contribution in [0, 0.1) is 11.8 Å². The van der Waals surface area contributed by atoms with E-state index in [1.807, 2.05) is 74.0 Å². The van der Waals surface area contributed by atoms with E-state index >= 15 is 0 Å². The van der Waals surface area contributed by atoms with Crippen LogP contribution >= 0.6 is 14.3 Å². The van der Waals surface area contributed by atoms with Gasteiger partial charge in [-0.25, -0.2) is 0 Å². The number of benzene rings is 2. The second-order valence-corrected chi connectivity index (χ2v) is 13.8. The van der Waals surface area contributed by atoms with Crippen molar-refractivity contribution in [3.05, 3.63) is 72.8 Å². The molecule has 1 saturated carbocycles. The van der Waals surface area contributed by atoms with Crippen LogP contribution in [0.4, 0.5) is 0 Å². The van der Waals surface area contributed by atoms with Gasteiger partial charge in [0.05, 0.1) is 0 Å². The predicted octanol–water partition coefficient (Wildman–Crippen LogP) is 4.57. The highest BCUT2D eigenvalue weighted by molar-refractivity contribution is 7.75. The fraction of sp³-hybridized carbons (Fsp3) is 0.333. The van der Waals surface area contributed by atoms with Crippen LogP contribution in [0.2, 0.25) is 0 Å². The molecule has 4 rings (SSSR count). The maximum absolute atomic E-state index is 13.9. The van der Waals surface area contributed by atoms with Crippen LogP contribution < -0.4 is 10.6 Å². The van der Waals surface area contributed by atoms with Gasteiger partial charge in [0.2, 0.25) is 0 Å². The fourth-order valence-corrected chi connectivity index (χ4v) is 12.1. The molecule has 0 N–H and O–H groups in total. The molecule has 0 radical (unpaired) electrons. The Bertz CT molecular complexity index is 815. The lowest BCUT2D eigenvalue weighted by atomic mass is 10.1. The normalized spacial score (nSPS) is 32.2. The van der Waals surface area contributed by atoms with Gasteiger partial charge in [-0.1, -0.05) is 72.8 Å². The van der Waals surface area contributed by atoms with Gasteiger partial charge in [0.1, 0.15) is 14.3 Å². The largest absolute Gasteiger partial charge is 0.319 e. The van der Waals surface area contributed by atoms with E-state index in [1.54, 1.807) is 0 Å². The third-order valence-electron chi connectivity index (χ3n) is 6.05. The summed E-state index contributed by atoms with van der Waals surface area (Å²) in [5.41, 5.74) is -0.0538. The van der Waals surface area contributed by atoms with Crippen molar-refractivity contribution in [2.24, 2.45) is 11.8 Å². The smallest absolute Gasteiger partial charge is 0.116 e. The molecule has 2 aromatic rings. The van der Waals surface area contributed by atoms with Gasteiger partial charge in [0.15, 0.2) is 0 Å². The van der Waals surface area contributed by atoms with Crippen molar-refractivity contribution in [1.82, 2.24) is 0 Å². The van der Waals surface area contributed by atoms with E-state index in [4.69, 9.17) is 0 Å². The Morgan fingerprint density at radius 1 is 0.680 bits per heavy atom. The van der Waals surface area contributed by atoms with Gasteiger partial charge < -0.3 is 9.13 Å². The third kappa shape index (κ3) is 2.71. The van der Waals surface area contributed by atoms with E-state index in [0.717, 1.165) is 17.0 Å². The van der Waals surface area contributed by atoms with Gasteiger partial charge in [-0.3, -0.25) is 0 Å². The molecule has 6 atom stereocenters. The van der Waals surface area contributed by atoms with Crippen LogP contribution in [-0.2, 0) is 9.13 Å². The highest BCUT2D eigenvalue weighted by Crippen LogP contribution is 2.68. The lowest BCUT2D eigenvalue weighted by Gasteiger charge is -2.37. The minimum absolute atomic E-state index is 0.0269. The first-order valence-electron chi connectivity index (χ1n) is 8.86. The monoisotopic (exact) mass is 370 g/mol. The van der Waals surface area contributed by atoms with E-state index in [1.165, 1.54) is 0 Å². The van der Waals surface area contributed by atoms with E-state index < -0.39 is 14.3 Å². The Morgan fingerprint density at radius 2 is 1.04 bits per heavy atom. The van der Waals surface area contributed by atoms with Crippen molar-refractivity contribution < 1.29 is 9.13 Å². The highest BCUT2D eigenvalue weighted by atomic mass is 31.2. The van der Waals surface area contributed by atoms with Crippen molar-refractivity contribution in [2.75, 3.05) is 13.3 Å². The average molecular weight is 370 g/mol. The molecular weight excluding hydrogens is 346 g/mol. The molecule has 2 nitrogen and oxygen atoms in total. The summed E-state index contributed by atoms with van der Waals surface area (Å²) < 4.78 is 27.9. The van der Waals surface area contributed by atoms with Crippen molar-refractivity contribution in [2.45, 2.75) is 17.7 Å². The van der Waals surface area contributed by atoms with Crippen molar-refractivity contribution in [1.29, 1.82) is 0 Å². The summed E-state index contributed by atoms with van der Waals surface area (Å²) in [7, 11) is -5.26. The van der Waals surface area contributed by atoms with Gasteiger partial charge in [-0.05, 0) is 31.6 Å². The van der Waals surface area contributed by atoms with E-state index in [-0.39, 0.29) is 23.2 Å². The molecule has 2 bridgehead atoms. The predicted molar refractivity (Wildman–Crippen MR) is 108 cm³/mol. The Morgan fingerprint density at radius 3 is 1.40 bits per heavy atom. The van der Waals surface area contributed by atoms with Crippen LogP contribution in [-0.4, -0.2) is 24.6 Å². The molecule has 0 spiro atoms. The molecule has 1 fully saturated rings. The summed E-state index contributed by atoms with van der Waals surface area (Å²) in [4.78, 5) is 0. The van der Waals surface area contributed by atoms with Crippen LogP contribution in [0.5, 0.6) is 0 Å². The average Bonchev–Trinajstić information content (AvgIpc) is 3.25. The van der Waals surface area contributed by atoms with Gasteiger partial charge in [0.25, 0.3) is 0 Å². The number of hydrogen-bond donors (Lipinski definition) is 0. The number of rotatable bonds is 4. The van der Waals surface area contributed by atoms with Gasteiger partial charge in [0, 0.05) is 21.9 Å². The summed E-state index contributed by atoms with van der Waals surface area (Å²) in [5, 5.41) is 1.83. The van der Waals surface area contributed by atoms with Crippen molar-refractivity contribution >= 4 is 24.9 Å². The Labute approximate surface area is 150 Å². The molecule has 0 heterocycles.